The van der Waals surface area contributed by atoms with E-state index >= 15 is 0 Å². The lowest BCUT2D eigenvalue weighted by Crippen LogP contribution is -2.52. The summed E-state index contributed by atoms with van der Waals surface area (Å²) in [5.41, 5.74) is 2.09. The fraction of sp³-hybridized carbons (Fsp3) is 0.375. The van der Waals surface area contributed by atoms with Crippen LogP contribution in [0.2, 0.25) is 0 Å². The molecule has 2 N–H and O–H groups in total. The molecule has 3 aliphatic heterocycles. The average Bonchev–Trinajstić information content (AvgIpc) is 3.32. The molecule has 2 aromatic carbocycles. The van der Waals surface area contributed by atoms with Crippen molar-refractivity contribution in [1.29, 1.82) is 0 Å². The van der Waals surface area contributed by atoms with Crippen LogP contribution < -0.4 is 15.5 Å². The van der Waals surface area contributed by atoms with Crippen molar-refractivity contribution in [3.63, 3.8) is 0 Å². The van der Waals surface area contributed by atoms with Crippen LogP contribution in [0.3, 0.4) is 0 Å². The fourth-order valence-electron chi connectivity index (χ4n) is 6.25. The third kappa shape index (κ3) is 6.17. The van der Waals surface area contributed by atoms with Gasteiger partial charge in [0.15, 0.2) is 0 Å². The highest BCUT2D eigenvalue weighted by molar-refractivity contribution is 6.05. The van der Waals surface area contributed by atoms with Crippen LogP contribution >= 0.6 is 0 Å². The second kappa shape index (κ2) is 12.0. The Bertz CT molecular complexity index is 1600. The summed E-state index contributed by atoms with van der Waals surface area (Å²) in [6.45, 7) is 2.41. The summed E-state index contributed by atoms with van der Waals surface area (Å²) in [5.74, 6) is -1.35. The third-order valence-corrected chi connectivity index (χ3v) is 8.59. The number of benzene rings is 2. The molecule has 1 aromatic heterocycles. The Morgan fingerprint density at radius 1 is 0.977 bits per heavy atom. The third-order valence-electron chi connectivity index (χ3n) is 8.59. The maximum Gasteiger partial charge on any atom is 0.419 e. The zero-order valence-electron chi connectivity index (χ0n) is 23.8. The number of aromatic nitrogens is 1. The van der Waals surface area contributed by atoms with Gasteiger partial charge in [0.2, 0.25) is 11.8 Å². The number of hydrogen-bond acceptors (Lipinski definition) is 6. The summed E-state index contributed by atoms with van der Waals surface area (Å²) in [6, 6.07) is 11.4. The summed E-state index contributed by atoms with van der Waals surface area (Å²) in [5, 5.41) is 5.74. The zero-order chi connectivity index (χ0) is 31.0. The van der Waals surface area contributed by atoms with E-state index in [9.17, 15) is 31.9 Å². The van der Waals surface area contributed by atoms with Gasteiger partial charge in [-0.15, -0.1) is 0 Å². The lowest BCUT2D eigenvalue weighted by atomic mass is 9.96. The van der Waals surface area contributed by atoms with Crippen molar-refractivity contribution < 1.29 is 31.9 Å². The fourth-order valence-corrected chi connectivity index (χ4v) is 6.25. The molecular weight excluding hydrogens is 578 g/mol. The minimum atomic E-state index is -4.61. The Kier molecular flexibility index (Phi) is 8.10. The first-order valence-corrected chi connectivity index (χ1v) is 14.6. The van der Waals surface area contributed by atoms with Crippen LogP contribution in [0, 0.1) is 11.7 Å². The molecule has 1 atom stereocenters. The Morgan fingerprint density at radius 2 is 1.77 bits per heavy atom. The molecule has 0 radical (unpaired) electrons. The lowest BCUT2D eigenvalue weighted by Gasteiger charge is -2.34. The highest BCUT2D eigenvalue weighted by atomic mass is 19.4. The number of anilines is 1. The molecule has 2 fully saturated rings. The van der Waals surface area contributed by atoms with Crippen LogP contribution in [0.25, 0.3) is 11.1 Å². The van der Waals surface area contributed by atoms with Crippen molar-refractivity contribution in [2.75, 3.05) is 24.5 Å². The van der Waals surface area contributed by atoms with Gasteiger partial charge in [0, 0.05) is 49.9 Å². The Balaban J connectivity index is 1.03. The number of nitrogens with zero attached hydrogens (tertiary/aromatic N) is 3. The van der Waals surface area contributed by atoms with E-state index < -0.39 is 29.5 Å². The Hall–Kier alpha value is -4.32. The Labute approximate surface area is 251 Å². The standard InChI is InChI=1S/C32H31F4N5O3/c33-24-3-1-2-21(13-24)22-14-26(32(34,35)36)29(38-17-22)40-10-8-19(9-11-40)15-37-16-20-4-5-25-23(12-20)18-41(31(25)44)27-6-7-28(42)39-30(27)43/h1-5,12-14,17,19,27,37H,6-11,15-16,18H2,(H,39,42,43). The molecule has 44 heavy (non-hydrogen) atoms. The molecule has 2 saturated heterocycles. The molecule has 3 aliphatic rings. The van der Waals surface area contributed by atoms with E-state index in [1.165, 1.54) is 29.3 Å². The van der Waals surface area contributed by atoms with Gasteiger partial charge in [-0.3, -0.25) is 19.7 Å². The molecule has 3 aromatic rings. The molecular formula is C32H31F4N5O3. The molecule has 1 unspecified atom stereocenters. The number of carbonyl (C=O) groups is 3. The summed E-state index contributed by atoms with van der Waals surface area (Å²) < 4.78 is 55.8. The SMILES string of the molecule is O=C1CCC(N2Cc3cc(CNCC4CCN(c5ncc(-c6cccc(F)c6)cc5C(F)(F)F)CC4)ccc3C2=O)C(=O)N1. The maximum absolute atomic E-state index is 14.0. The van der Waals surface area contributed by atoms with E-state index in [1.807, 2.05) is 12.1 Å². The second-order valence-electron chi connectivity index (χ2n) is 11.6. The number of imide groups is 1. The number of nitrogens with one attached hydrogen (secondary N) is 2. The van der Waals surface area contributed by atoms with Crippen LogP contribution in [0.5, 0.6) is 0 Å². The quantitative estimate of drug-likeness (QED) is 0.299. The molecule has 0 saturated carbocycles. The molecule has 0 bridgehead atoms. The molecule has 4 heterocycles. The van der Waals surface area contributed by atoms with Crippen LogP contribution in [-0.4, -0.2) is 53.3 Å². The predicted octanol–water partition coefficient (Wildman–Crippen LogP) is 4.67. The molecule has 0 spiro atoms. The van der Waals surface area contributed by atoms with Crippen molar-refractivity contribution in [2.24, 2.45) is 5.92 Å². The van der Waals surface area contributed by atoms with E-state index in [0.29, 0.717) is 63.1 Å². The summed E-state index contributed by atoms with van der Waals surface area (Å²) in [4.78, 5) is 44.1. The van der Waals surface area contributed by atoms with Gasteiger partial charge in [0.05, 0.1) is 5.56 Å². The molecule has 3 amide bonds. The number of piperidine rings is 2. The molecule has 0 aliphatic carbocycles. The lowest BCUT2D eigenvalue weighted by molar-refractivity contribution is -0.138. The second-order valence-corrected chi connectivity index (χ2v) is 11.6. The van der Waals surface area contributed by atoms with Crippen LogP contribution in [-0.2, 0) is 28.9 Å². The van der Waals surface area contributed by atoms with E-state index in [1.54, 1.807) is 17.0 Å². The topological polar surface area (TPSA) is 94.6 Å². The number of carbonyl (C=O) groups excluding carboxylic acids is 3. The number of alkyl halides is 3. The van der Waals surface area contributed by atoms with Gasteiger partial charge in [-0.2, -0.15) is 13.2 Å². The smallest absolute Gasteiger partial charge is 0.356 e. The minimum absolute atomic E-state index is 0.108. The number of hydrogen-bond donors (Lipinski definition) is 2. The number of fused-ring (bicyclic) bond motifs is 1. The van der Waals surface area contributed by atoms with Crippen molar-refractivity contribution in [1.82, 2.24) is 20.5 Å². The number of amides is 3. The summed E-state index contributed by atoms with van der Waals surface area (Å²) >= 11 is 0. The first-order valence-electron chi connectivity index (χ1n) is 14.6. The van der Waals surface area contributed by atoms with E-state index in [4.69, 9.17) is 0 Å². The predicted molar refractivity (Wildman–Crippen MR) is 154 cm³/mol. The average molecular weight is 610 g/mol. The maximum atomic E-state index is 14.0. The monoisotopic (exact) mass is 609 g/mol. The molecule has 8 nitrogen and oxygen atoms in total. The Morgan fingerprint density at radius 3 is 2.50 bits per heavy atom. The zero-order valence-corrected chi connectivity index (χ0v) is 23.8. The van der Waals surface area contributed by atoms with Gasteiger partial charge in [0.1, 0.15) is 17.7 Å². The minimum Gasteiger partial charge on any atom is -0.356 e. The highest BCUT2D eigenvalue weighted by Gasteiger charge is 2.39. The van der Waals surface area contributed by atoms with Crippen LogP contribution in [0.15, 0.2) is 54.7 Å². The summed E-state index contributed by atoms with van der Waals surface area (Å²) in [6.07, 6.45) is -1.35. The van der Waals surface area contributed by atoms with E-state index in [2.05, 4.69) is 15.6 Å². The van der Waals surface area contributed by atoms with E-state index in [0.717, 1.165) is 17.2 Å². The van der Waals surface area contributed by atoms with Crippen molar-refractivity contribution in [2.45, 2.75) is 51.0 Å². The largest absolute Gasteiger partial charge is 0.419 e. The number of halogens is 4. The van der Waals surface area contributed by atoms with Gasteiger partial charge in [-0.1, -0.05) is 24.3 Å². The van der Waals surface area contributed by atoms with E-state index in [-0.39, 0.29) is 35.5 Å². The van der Waals surface area contributed by atoms with Crippen molar-refractivity contribution in [3.8, 4) is 11.1 Å². The van der Waals surface area contributed by atoms with Crippen molar-refractivity contribution >= 4 is 23.5 Å². The highest BCUT2D eigenvalue weighted by Crippen LogP contribution is 2.39. The summed E-state index contributed by atoms with van der Waals surface area (Å²) in [7, 11) is 0. The van der Waals surface area contributed by atoms with Crippen LogP contribution in [0.1, 0.15) is 52.7 Å². The van der Waals surface area contributed by atoms with Crippen molar-refractivity contribution in [3.05, 3.63) is 82.8 Å². The number of rotatable bonds is 7. The van der Waals surface area contributed by atoms with Gasteiger partial charge in [-0.05, 0) is 72.7 Å². The van der Waals surface area contributed by atoms with Crippen LogP contribution in [0.4, 0.5) is 23.4 Å². The normalized spacial score (nSPS) is 19.4. The van der Waals surface area contributed by atoms with Gasteiger partial charge in [0.25, 0.3) is 5.91 Å². The molecule has 230 valence electrons. The first-order chi connectivity index (χ1) is 21.1. The van der Waals surface area contributed by atoms with Gasteiger partial charge in [-0.25, -0.2) is 9.37 Å². The first kappa shape index (κ1) is 29.7. The van der Waals surface area contributed by atoms with Gasteiger partial charge >= 0.3 is 6.18 Å². The molecule has 6 rings (SSSR count). The molecule has 12 heteroatoms. The number of pyridine rings is 1. The van der Waals surface area contributed by atoms with Gasteiger partial charge < -0.3 is 15.1 Å².